The molecule has 2 N–H and O–H groups in total. The van der Waals surface area contributed by atoms with Gasteiger partial charge in [-0.1, -0.05) is 18.2 Å². The molecule has 0 unspecified atom stereocenters. The van der Waals surface area contributed by atoms with E-state index in [1.54, 1.807) is 7.05 Å². The number of carbonyl (C=O) groups excluding carboxylic acids is 1. The summed E-state index contributed by atoms with van der Waals surface area (Å²) in [4.78, 5) is 16.4. The molecule has 4 heteroatoms. The molecule has 0 fully saturated rings. The summed E-state index contributed by atoms with van der Waals surface area (Å²) in [5.41, 5.74) is 1.79. The first-order chi connectivity index (χ1) is 8.20. The van der Waals surface area contributed by atoms with E-state index in [1.165, 1.54) is 11.3 Å². The van der Waals surface area contributed by atoms with Crippen molar-refractivity contribution in [3.63, 3.8) is 0 Å². The van der Waals surface area contributed by atoms with E-state index in [0.717, 1.165) is 16.6 Å². The van der Waals surface area contributed by atoms with Crippen LogP contribution in [0.4, 0.5) is 0 Å². The summed E-state index contributed by atoms with van der Waals surface area (Å²) in [7, 11) is 1.66. The highest BCUT2D eigenvalue weighted by Crippen LogP contribution is 2.16. The Balaban J connectivity index is 2.10. The Kier molecular flexibility index (Phi) is 3.44. The van der Waals surface area contributed by atoms with Gasteiger partial charge >= 0.3 is 0 Å². The molecule has 0 aliphatic heterocycles. The molecule has 17 heavy (non-hydrogen) atoms. The fourth-order valence-corrected chi connectivity index (χ4v) is 1.68. The Labute approximate surface area is 99.9 Å². The number of aliphatic hydroxyl groups excluding tert-OH is 1. The van der Waals surface area contributed by atoms with Gasteiger partial charge in [-0.15, -0.1) is 0 Å². The second kappa shape index (κ2) is 5.01. The number of hydrogen-bond donors (Lipinski definition) is 2. The van der Waals surface area contributed by atoms with Crippen LogP contribution in [0.3, 0.4) is 0 Å². The summed E-state index contributed by atoms with van der Waals surface area (Å²) < 4.78 is 0. The minimum Gasteiger partial charge on any atom is -0.395 e. The molecule has 1 aromatic heterocycles. The second-order valence-electron chi connectivity index (χ2n) is 3.94. The van der Waals surface area contributed by atoms with Crippen LogP contribution in [0, 0.1) is 6.42 Å². The maximum absolute atomic E-state index is 11.7. The number of carbonyl (C=O) groups is 1. The van der Waals surface area contributed by atoms with E-state index in [-0.39, 0.29) is 12.5 Å². The van der Waals surface area contributed by atoms with E-state index in [9.17, 15) is 4.79 Å². The van der Waals surface area contributed by atoms with Crippen molar-refractivity contribution in [2.45, 2.75) is 0 Å². The fraction of sp³-hybridized carbons (Fsp3) is 0.231. The van der Waals surface area contributed by atoms with Gasteiger partial charge in [-0.3, -0.25) is 4.79 Å². The molecule has 4 nitrogen and oxygen atoms in total. The van der Waals surface area contributed by atoms with Crippen molar-refractivity contribution in [2.75, 3.05) is 20.2 Å². The van der Waals surface area contributed by atoms with Gasteiger partial charge in [0, 0.05) is 24.8 Å². The number of para-hydroxylation sites is 1. The van der Waals surface area contributed by atoms with Gasteiger partial charge in [-0.25, -0.2) is 0 Å². The molecule has 0 atom stereocenters. The van der Waals surface area contributed by atoms with Crippen molar-refractivity contribution in [1.82, 2.24) is 9.88 Å². The lowest BCUT2D eigenvalue weighted by Gasteiger charge is -2.14. The first kappa shape index (κ1) is 11.7. The lowest BCUT2D eigenvalue weighted by Crippen LogP contribution is -2.29. The number of hydrogen-bond acceptors (Lipinski definition) is 2. The Morgan fingerprint density at radius 3 is 2.94 bits per heavy atom. The number of nitrogens with one attached hydrogen (secondary N) is 1. The Bertz CT molecular complexity index is 486. The fourth-order valence-electron chi connectivity index (χ4n) is 1.68. The van der Waals surface area contributed by atoms with Crippen molar-refractivity contribution >= 4 is 16.8 Å². The molecule has 0 saturated carbocycles. The lowest BCUT2D eigenvalue weighted by molar-refractivity contribution is -0.126. The number of benzene rings is 1. The van der Waals surface area contributed by atoms with Gasteiger partial charge in [0.15, 0.2) is 0 Å². The minimum absolute atomic E-state index is 0.0250. The van der Waals surface area contributed by atoms with Crippen LogP contribution in [0.15, 0.2) is 30.3 Å². The van der Waals surface area contributed by atoms with E-state index in [0.29, 0.717) is 6.54 Å². The molecule has 0 saturated heterocycles. The SMILES string of the molecule is CN(CCO)C(=O)[CH]c1cc2ccccc2[nH]1. The topological polar surface area (TPSA) is 56.3 Å². The minimum atomic E-state index is -0.120. The van der Waals surface area contributed by atoms with Gasteiger partial charge < -0.3 is 15.0 Å². The molecule has 2 rings (SSSR count). The number of likely N-dealkylation sites (N-methyl/N-ethyl adjacent to an activating group) is 1. The molecule has 1 heterocycles. The summed E-state index contributed by atoms with van der Waals surface area (Å²) in [5.74, 6) is -0.120. The van der Waals surface area contributed by atoms with Gasteiger partial charge in [0.1, 0.15) is 0 Å². The van der Waals surface area contributed by atoms with E-state index >= 15 is 0 Å². The highest BCUT2D eigenvalue weighted by atomic mass is 16.3. The van der Waals surface area contributed by atoms with Crippen LogP contribution in [-0.4, -0.2) is 41.1 Å². The van der Waals surface area contributed by atoms with E-state index < -0.39 is 0 Å². The average molecular weight is 231 g/mol. The van der Waals surface area contributed by atoms with E-state index in [1.807, 2.05) is 30.3 Å². The number of aromatic amines is 1. The first-order valence-corrected chi connectivity index (χ1v) is 5.49. The van der Waals surface area contributed by atoms with Gasteiger partial charge in [-0.2, -0.15) is 0 Å². The molecule has 1 radical (unpaired) electrons. The van der Waals surface area contributed by atoms with Crippen LogP contribution in [-0.2, 0) is 4.79 Å². The number of aliphatic hydroxyl groups is 1. The van der Waals surface area contributed by atoms with Crippen molar-refractivity contribution in [2.24, 2.45) is 0 Å². The number of nitrogens with zero attached hydrogens (tertiary/aromatic N) is 1. The molecule has 1 amide bonds. The maximum atomic E-state index is 11.7. The van der Waals surface area contributed by atoms with Crippen LogP contribution in [0.25, 0.3) is 10.9 Å². The van der Waals surface area contributed by atoms with E-state index in [2.05, 4.69) is 4.98 Å². The van der Waals surface area contributed by atoms with Crippen LogP contribution in [0.2, 0.25) is 0 Å². The summed E-state index contributed by atoms with van der Waals surface area (Å²) in [6.07, 6.45) is 1.54. The number of rotatable bonds is 4. The van der Waals surface area contributed by atoms with Gasteiger partial charge in [0.25, 0.3) is 0 Å². The van der Waals surface area contributed by atoms with Gasteiger partial charge in [0.05, 0.1) is 13.0 Å². The predicted octanol–water partition coefficient (Wildman–Crippen LogP) is 1.17. The predicted molar refractivity (Wildman–Crippen MR) is 66.4 cm³/mol. The maximum Gasteiger partial charge on any atom is 0.232 e. The first-order valence-electron chi connectivity index (χ1n) is 5.49. The zero-order chi connectivity index (χ0) is 12.3. The highest BCUT2D eigenvalue weighted by molar-refractivity contribution is 5.90. The molecule has 0 spiro atoms. The number of fused-ring (bicyclic) bond motifs is 1. The Morgan fingerprint density at radius 1 is 1.47 bits per heavy atom. The number of amides is 1. The smallest absolute Gasteiger partial charge is 0.232 e. The summed E-state index contributed by atoms with van der Waals surface area (Å²) >= 11 is 0. The normalized spacial score (nSPS) is 10.7. The summed E-state index contributed by atoms with van der Waals surface area (Å²) in [6, 6.07) is 9.79. The zero-order valence-corrected chi connectivity index (χ0v) is 9.68. The quantitative estimate of drug-likeness (QED) is 0.830. The molecular weight excluding hydrogens is 216 g/mol. The van der Waals surface area contributed by atoms with Crippen LogP contribution >= 0.6 is 0 Å². The van der Waals surface area contributed by atoms with Crippen molar-refractivity contribution in [1.29, 1.82) is 0 Å². The molecule has 0 aliphatic carbocycles. The largest absolute Gasteiger partial charge is 0.395 e. The number of H-pyrrole nitrogens is 1. The van der Waals surface area contributed by atoms with Crippen molar-refractivity contribution in [3.05, 3.63) is 42.4 Å². The molecule has 2 aromatic rings. The van der Waals surface area contributed by atoms with Crippen LogP contribution < -0.4 is 0 Å². The molecule has 1 aromatic carbocycles. The standard InChI is InChI=1S/C13H15N2O2/c1-15(6-7-16)13(17)9-11-8-10-4-2-3-5-12(10)14-11/h2-5,8-9,14,16H,6-7H2,1H3. The molecular formula is C13H15N2O2. The summed E-state index contributed by atoms with van der Waals surface area (Å²) in [5, 5.41) is 9.83. The van der Waals surface area contributed by atoms with Crippen LogP contribution in [0.1, 0.15) is 5.69 Å². The summed E-state index contributed by atoms with van der Waals surface area (Å²) in [6.45, 7) is 0.318. The van der Waals surface area contributed by atoms with Crippen LogP contribution in [0.5, 0.6) is 0 Å². The number of aromatic nitrogens is 1. The van der Waals surface area contributed by atoms with E-state index in [4.69, 9.17) is 5.11 Å². The average Bonchev–Trinajstić information content (AvgIpc) is 2.71. The zero-order valence-electron chi connectivity index (χ0n) is 9.68. The molecule has 0 bridgehead atoms. The van der Waals surface area contributed by atoms with Gasteiger partial charge in [0.2, 0.25) is 5.91 Å². The monoisotopic (exact) mass is 231 g/mol. The third kappa shape index (κ3) is 2.65. The molecule has 89 valence electrons. The van der Waals surface area contributed by atoms with Crippen molar-refractivity contribution in [3.8, 4) is 0 Å². The molecule has 0 aliphatic rings. The highest BCUT2D eigenvalue weighted by Gasteiger charge is 2.11. The second-order valence-corrected chi connectivity index (χ2v) is 3.94. The third-order valence-electron chi connectivity index (χ3n) is 2.64. The van der Waals surface area contributed by atoms with Gasteiger partial charge in [-0.05, 0) is 17.5 Å². The Morgan fingerprint density at radius 2 is 2.24 bits per heavy atom. The van der Waals surface area contributed by atoms with Crippen molar-refractivity contribution < 1.29 is 9.90 Å². The third-order valence-corrected chi connectivity index (χ3v) is 2.64. The lowest BCUT2D eigenvalue weighted by atomic mass is 10.2. The Hall–Kier alpha value is -1.81.